The van der Waals surface area contributed by atoms with Crippen molar-refractivity contribution in [3.8, 4) is 34.1 Å². The van der Waals surface area contributed by atoms with Gasteiger partial charge in [-0.3, -0.25) is 0 Å². The highest BCUT2D eigenvalue weighted by atomic mass is 35.5. The van der Waals surface area contributed by atoms with Gasteiger partial charge in [-0.2, -0.15) is 0 Å². The van der Waals surface area contributed by atoms with Gasteiger partial charge in [0.2, 0.25) is 0 Å². The number of hydrogen-bond acceptors (Lipinski definition) is 5. The minimum atomic E-state index is -0.212. The van der Waals surface area contributed by atoms with Crippen molar-refractivity contribution in [2.75, 3.05) is 14.2 Å². The minimum Gasteiger partial charge on any atom is -0.497 e. The van der Waals surface area contributed by atoms with Crippen LogP contribution in [0.25, 0.3) is 22.6 Å². The summed E-state index contributed by atoms with van der Waals surface area (Å²) in [5.74, 6) is 1.76. The maximum atomic E-state index is 9.83. The Morgan fingerprint density at radius 1 is 1.00 bits per heavy atom. The van der Waals surface area contributed by atoms with E-state index in [4.69, 9.17) is 25.6 Å². The number of aliphatic hydroxyl groups excluding tert-OH is 1. The molecule has 6 heteroatoms. The number of aliphatic hydroxyl groups is 1. The lowest BCUT2D eigenvalue weighted by Crippen LogP contribution is -1.92. The predicted octanol–water partition coefficient (Wildman–Crippen LogP) is 4.17. The molecule has 3 aromatic rings. The second-order valence-corrected chi connectivity index (χ2v) is 5.54. The summed E-state index contributed by atoms with van der Waals surface area (Å²) in [6.45, 7) is -0.212. The largest absolute Gasteiger partial charge is 0.497 e. The molecule has 0 aliphatic heterocycles. The van der Waals surface area contributed by atoms with E-state index in [-0.39, 0.29) is 6.61 Å². The predicted molar refractivity (Wildman–Crippen MR) is 91.4 cm³/mol. The van der Waals surface area contributed by atoms with Crippen molar-refractivity contribution in [3.63, 3.8) is 0 Å². The maximum Gasteiger partial charge on any atom is 0.173 e. The van der Waals surface area contributed by atoms with E-state index in [1.165, 1.54) is 0 Å². The molecular weight excluding hydrogens is 330 g/mol. The van der Waals surface area contributed by atoms with Gasteiger partial charge < -0.3 is 19.1 Å². The molecule has 1 heterocycles. The molecule has 24 heavy (non-hydrogen) atoms. The van der Waals surface area contributed by atoms with Gasteiger partial charge in [-0.25, -0.2) is 0 Å². The van der Waals surface area contributed by atoms with Crippen LogP contribution in [-0.2, 0) is 6.61 Å². The first-order valence-corrected chi connectivity index (χ1v) is 7.63. The molecule has 0 atom stereocenters. The number of benzene rings is 2. The van der Waals surface area contributed by atoms with Gasteiger partial charge in [0.15, 0.2) is 5.76 Å². The van der Waals surface area contributed by atoms with Gasteiger partial charge >= 0.3 is 0 Å². The molecule has 1 aromatic heterocycles. The van der Waals surface area contributed by atoms with Gasteiger partial charge in [0.25, 0.3) is 0 Å². The van der Waals surface area contributed by atoms with Crippen LogP contribution in [-0.4, -0.2) is 24.5 Å². The van der Waals surface area contributed by atoms with Crippen LogP contribution in [0.15, 0.2) is 47.0 Å². The molecule has 0 radical (unpaired) electrons. The fraction of sp³-hybridized carbons (Fsp3) is 0.167. The van der Waals surface area contributed by atoms with E-state index in [1.54, 1.807) is 32.4 Å². The van der Waals surface area contributed by atoms with Gasteiger partial charge in [0.05, 0.1) is 26.4 Å². The molecule has 2 aromatic carbocycles. The van der Waals surface area contributed by atoms with E-state index in [1.807, 2.05) is 24.3 Å². The lowest BCUT2D eigenvalue weighted by atomic mass is 10.0. The van der Waals surface area contributed by atoms with Crippen LogP contribution in [0.4, 0.5) is 0 Å². The summed E-state index contributed by atoms with van der Waals surface area (Å²) in [5, 5.41) is 14.6. The molecule has 1 N–H and O–H groups in total. The summed E-state index contributed by atoms with van der Waals surface area (Å²) in [4.78, 5) is 0. The van der Waals surface area contributed by atoms with E-state index in [0.29, 0.717) is 33.5 Å². The first-order valence-electron chi connectivity index (χ1n) is 7.25. The normalized spacial score (nSPS) is 10.7. The third kappa shape index (κ3) is 3.09. The standard InChI is InChI=1S/C18H16ClNO4/c1-22-14-7-12(8-15(9-14)23-2)17-16(10-21)18(24-20-17)11-3-5-13(19)6-4-11/h3-9,21H,10H2,1-2H3. The summed E-state index contributed by atoms with van der Waals surface area (Å²) < 4.78 is 16.0. The van der Waals surface area contributed by atoms with Gasteiger partial charge in [-0.15, -0.1) is 0 Å². The van der Waals surface area contributed by atoms with Crippen LogP contribution in [0.5, 0.6) is 11.5 Å². The summed E-state index contributed by atoms with van der Waals surface area (Å²) in [6.07, 6.45) is 0. The van der Waals surface area contributed by atoms with Crippen molar-refractivity contribution in [2.45, 2.75) is 6.61 Å². The third-order valence-corrected chi connectivity index (χ3v) is 3.93. The lowest BCUT2D eigenvalue weighted by molar-refractivity contribution is 0.281. The molecule has 0 amide bonds. The molecule has 5 nitrogen and oxygen atoms in total. The van der Waals surface area contributed by atoms with Gasteiger partial charge in [-0.05, 0) is 36.4 Å². The van der Waals surface area contributed by atoms with Crippen molar-refractivity contribution in [1.29, 1.82) is 0 Å². The average Bonchev–Trinajstić information content (AvgIpc) is 3.05. The highest BCUT2D eigenvalue weighted by Gasteiger charge is 2.19. The number of ether oxygens (including phenoxy) is 2. The Bertz CT molecular complexity index is 820. The smallest absolute Gasteiger partial charge is 0.173 e. The van der Waals surface area contributed by atoms with E-state index < -0.39 is 0 Å². The van der Waals surface area contributed by atoms with Crippen LogP contribution in [0.3, 0.4) is 0 Å². The molecule has 0 aliphatic rings. The topological polar surface area (TPSA) is 64.7 Å². The quantitative estimate of drug-likeness (QED) is 0.751. The SMILES string of the molecule is COc1cc(OC)cc(-c2noc(-c3ccc(Cl)cc3)c2CO)c1. The number of hydrogen-bond donors (Lipinski definition) is 1. The fourth-order valence-electron chi connectivity index (χ4n) is 2.45. The monoisotopic (exact) mass is 345 g/mol. The van der Waals surface area contributed by atoms with Crippen molar-refractivity contribution in [3.05, 3.63) is 53.1 Å². The Morgan fingerprint density at radius 3 is 2.17 bits per heavy atom. The van der Waals surface area contributed by atoms with Crippen molar-refractivity contribution >= 4 is 11.6 Å². The Kier molecular flexibility index (Phi) is 4.74. The highest BCUT2D eigenvalue weighted by Crippen LogP contribution is 2.36. The Balaban J connectivity index is 2.11. The molecule has 0 spiro atoms. The zero-order valence-electron chi connectivity index (χ0n) is 13.2. The first kappa shape index (κ1) is 16.4. The molecule has 0 aliphatic carbocycles. The minimum absolute atomic E-state index is 0.212. The zero-order chi connectivity index (χ0) is 17.1. The molecular formula is C18H16ClNO4. The van der Waals surface area contributed by atoms with Crippen molar-refractivity contribution in [2.24, 2.45) is 0 Å². The van der Waals surface area contributed by atoms with E-state index >= 15 is 0 Å². The first-order chi connectivity index (χ1) is 11.7. The van der Waals surface area contributed by atoms with Crippen LogP contribution >= 0.6 is 11.6 Å². The van der Waals surface area contributed by atoms with E-state index in [9.17, 15) is 5.11 Å². The summed E-state index contributed by atoms with van der Waals surface area (Å²) in [7, 11) is 3.15. The number of nitrogens with zero attached hydrogens (tertiary/aromatic N) is 1. The van der Waals surface area contributed by atoms with E-state index in [0.717, 1.165) is 11.1 Å². The summed E-state index contributed by atoms with van der Waals surface area (Å²) in [5.41, 5.74) is 2.66. The number of halogens is 1. The van der Waals surface area contributed by atoms with Crippen LogP contribution < -0.4 is 9.47 Å². The molecule has 124 valence electrons. The Labute approximate surface area is 144 Å². The zero-order valence-corrected chi connectivity index (χ0v) is 14.0. The van der Waals surface area contributed by atoms with Gasteiger partial charge in [0, 0.05) is 22.2 Å². The summed E-state index contributed by atoms with van der Waals surface area (Å²) >= 11 is 5.92. The summed E-state index contributed by atoms with van der Waals surface area (Å²) in [6, 6.07) is 12.5. The second-order valence-electron chi connectivity index (χ2n) is 5.11. The Morgan fingerprint density at radius 2 is 1.62 bits per heavy atom. The van der Waals surface area contributed by atoms with Gasteiger partial charge in [-0.1, -0.05) is 16.8 Å². The van der Waals surface area contributed by atoms with Crippen LogP contribution in [0.2, 0.25) is 5.02 Å². The molecule has 0 saturated heterocycles. The molecule has 0 bridgehead atoms. The van der Waals surface area contributed by atoms with Gasteiger partial charge in [0.1, 0.15) is 17.2 Å². The fourth-order valence-corrected chi connectivity index (χ4v) is 2.58. The lowest BCUT2D eigenvalue weighted by Gasteiger charge is -2.07. The van der Waals surface area contributed by atoms with Crippen molar-refractivity contribution in [1.82, 2.24) is 5.16 Å². The second kappa shape index (κ2) is 6.95. The average molecular weight is 346 g/mol. The number of rotatable bonds is 5. The molecule has 0 saturated carbocycles. The number of aromatic nitrogens is 1. The van der Waals surface area contributed by atoms with Crippen LogP contribution in [0, 0.1) is 0 Å². The van der Waals surface area contributed by atoms with Crippen molar-refractivity contribution < 1.29 is 19.1 Å². The molecule has 3 rings (SSSR count). The number of methoxy groups -OCH3 is 2. The van der Waals surface area contributed by atoms with E-state index in [2.05, 4.69) is 5.16 Å². The van der Waals surface area contributed by atoms with Crippen LogP contribution in [0.1, 0.15) is 5.56 Å². The molecule has 0 fully saturated rings. The third-order valence-electron chi connectivity index (χ3n) is 3.68. The maximum absolute atomic E-state index is 9.83. The Hall–Kier alpha value is -2.50. The highest BCUT2D eigenvalue weighted by molar-refractivity contribution is 6.30. The molecule has 0 unspecified atom stereocenters.